The Bertz CT molecular complexity index is 679. The van der Waals surface area contributed by atoms with Gasteiger partial charge in [0.1, 0.15) is 0 Å². The second kappa shape index (κ2) is 6.93. The van der Waals surface area contributed by atoms with Crippen LogP contribution in [0.1, 0.15) is 29.1 Å². The summed E-state index contributed by atoms with van der Waals surface area (Å²) < 4.78 is 5.01. The number of nitrogens with two attached hydrogens (primary N) is 1. The molecule has 0 aromatic carbocycles. The monoisotopic (exact) mass is 334 g/mol. The molecule has 1 saturated carbocycles. The average molecular weight is 334 g/mol. The van der Waals surface area contributed by atoms with Crippen molar-refractivity contribution in [1.29, 1.82) is 0 Å². The standard InChI is InChI=1S/C15H18N4O3S/c16-11(9-3-4-9)7-17-13(20)6-10-8-23-15(18-10)19-14(21)12-2-1-5-22-12/h1-2,5,8-9,11H,3-4,6-7,16H2,(H,17,20)(H,18,19,21). The van der Waals surface area contributed by atoms with Gasteiger partial charge in [0.05, 0.1) is 18.4 Å². The number of amides is 2. The van der Waals surface area contributed by atoms with Crippen LogP contribution in [0.3, 0.4) is 0 Å². The maximum absolute atomic E-state index is 11.9. The smallest absolute Gasteiger partial charge is 0.293 e. The maximum atomic E-state index is 11.9. The zero-order valence-corrected chi connectivity index (χ0v) is 13.3. The van der Waals surface area contributed by atoms with Gasteiger partial charge in [-0.3, -0.25) is 14.9 Å². The Morgan fingerprint density at radius 3 is 3.00 bits per heavy atom. The molecule has 0 radical (unpaired) electrons. The number of anilines is 1. The van der Waals surface area contributed by atoms with Crippen LogP contribution in [0.2, 0.25) is 0 Å². The largest absolute Gasteiger partial charge is 0.459 e. The molecular formula is C15H18N4O3S. The van der Waals surface area contributed by atoms with E-state index < -0.39 is 0 Å². The summed E-state index contributed by atoms with van der Waals surface area (Å²) in [6, 6.07) is 3.25. The predicted molar refractivity (Wildman–Crippen MR) is 86.2 cm³/mol. The van der Waals surface area contributed by atoms with Gasteiger partial charge in [-0.15, -0.1) is 11.3 Å². The van der Waals surface area contributed by atoms with Crippen molar-refractivity contribution in [1.82, 2.24) is 10.3 Å². The van der Waals surface area contributed by atoms with Crippen molar-refractivity contribution in [3.05, 3.63) is 35.2 Å². The fourth-order valence-electron chi connectivity index (χ4n) is 2.16. The van der Waals surface area contributed by atoms with Gasteiger partial charge in [-0.2, -0.15) is 0 Å². The molecule has 1 unspecified atom stereocenters. The molecule has 0 bridgehead atoms. The summed E-state index contributed by atoms with van der Waals surface area (Å²) in [6.07, 6.45) is 3.91. The highest BCUT2D eigenvalue weighted by molar-refractivity contribution is 7.14. The number of aromatic nitrogens is 1. The molecule has 0 saturated heterocycles. The Morgan fingerprint density at radius 1 is 1.48 bits per heavy atom. The lowest BCUT2D eigenvalue weighted by Gasteiger charge is -2.10. The SMILES string of the molecule is NC(CNC(=O)Cc1csc(NC(=O)c2ccco2)n1)C1CC1. The minimum atomic E-state index is -0.365. The van der Waals surface area contributed by atoms with Crippen LogP contribution in [0, 0.1) is 5.92 Å². The van der Waals surface area contributed by atoms with Gasteiger partial charge in [-0.25, -0.2) is 4.98 Å². The maximum Gasteiger partial charge on any atom is 0.293 e. The molecule has 8 heteroatoms. The number of thiazole rings is 1. The number of furan rings is 1. The molecule has 0 aliphatic heterocycles. The van der Waals surface area contributed by atoms with Crippen LogP contribution in [-0.4, -0.2) is 29.4 Å². The molecule has 2 amide bonds. The number of rotatable bonds is 7. The summed E-state index contributed by atoms with van der Waals surface area (Å²) >= 11 is 1.27. The van der Waals surface area contributed by atoms with Gasteiger partial charge in [0.2, 0.25) is 5.91 Å². The molecule has 2 aromatic rings. The Hall–Kier alpha value is -2.19. The quantitative estimate of drug-likeness (QED) is 0.708. The van der Waals surface area contributed by atoms with Crippen molar-refractivity contribution < 1.29 is 14.0 Å². The summed E-state index contributed by atoms with van der Waals surface area (Å²) in [5.74, 6) is 0.289. The highest BCUT2D eigenvalue weighted by Crippen LogP contribution is 2.31. The molecule has 1 fully saturated rings. The molecular weight excluding hydrogens is 316 g/mol. The van der Waals surface area contributed by atoms with Crippen molar-refractivity contribution in [3.63, 3.8) is 0 Å². The number of hydrogen-bond acceptors (Lipinski definition) is 6. The Morgan fingerprint density at radius 2 is 2.30 bits per heavy atom. The van der Waals surface area contributed by atoms with E-state index in [1.54, 1.807) is 17.5 Å². The zero-order valence-electron chi connectivity index (χ0n) is 12.5. The third-order valence-corrected chi connectivity index (χ3v) is 4.43. The number of nitrogens with zero attached hydrogens (tertiary/aromatic N) is 1. The molecule has 3 rings (SSSR count). The Balaban J connectivity index is 1.46. The summed E-state index contributed by atoms with van der Waals surface area (Å²) in [4.78, 5) is 27.9. The molecule has 4 N–H and O–H groups in total. The molecule has 122 valence electrons. The lowest BCUT2D eigenvalue weighted by Crippen LogP contribution is -2.39. The number of carbonyl (C=O) groups excluding carboxylic acids is 2. The first-order chi connectivity index (χ1) is 11.1. The minimum absolute atomic E-state index is 0.0394. The van der Waals surface area contributed by atoms with Crippen LogP contribution in [0.15, 0.2) is 28.2 Å². The fourth-order valence-corrected chi connectivity index (χ4v) is 2.87. The van der Waals surface area contributed by atoms with Crippen LogP contribution in [0.25, 0.3) is 0 Å². The third-order valence-electron chi connectivity index (χ3n) is 3.62. The summed E-state index contributed by atoms with van der Waals surface area (Å²) in [5.41, 5.74) is 6.55. The second-order valence-corrected chi connectivity index (χ2v) is 6.42. The molecule has 0 spiro atoms. The van der Waals surface area contributed by atoms with Crippen LogP contribution >= 0.6 is 11.3 Å². The fraction of sp³-hybridized carbons (Fsp3) is 0.400. The normalized spacial score (nSPS) is 15.2. The number of hydrogen-bond donors (Lipinski definition) is 3. The van der Waals surface area contributed by atoms with Crippen molar-refractivity contribution in [2.75, 3.05) is 11.9 Å². The van der Waals surface area contributed by atoms with Crippen LogP contribution in [-0.2, 0) is 11.2 Å². The van der Waals surface area contributed by atoms with E-state index in [0.717, 1.165) is 12.8 Å². The van der Waals surface area contributed by atoms with Crippen LogP contribution in [0.4, 0.5) is 5.13 Å². The van der Waals surface area contributed by atoms with Gasteiger partial charge in [0.15, 0.2) is 10.9 Å². The Kier molecular flexibility index (Phi) is 4.73. The van der Waals surface area contributed by atoms with E-state index in [1.165, 1.54) is 17.6 Å². The third kappa shape index (κ3) is 4.40. The molecule has 2 heterocycles. The van der Waals surface area contributed by atoms with Gasteiger partial charge >= 0.3 is 0 Å². The molecule has 1 atom stereocenters. The highest BCUT2D eigenvalue weighted by atomic mass is 32.1. The number of carbonyl (C=O) groups is 2. The van der Waals surface area contributed by atoms with Crippen molar-refractivity contribution in [2.45, 2.75) is 25.3 Å². The van der Waals surface area contributed by atoms with E-state index in [2.05, 4.69) is 15.6 Å². The van der Waals surface area contributed by atoms with E-state index >= 15 is 0 Å². The average Bonchev–Trinajstić information content (AvgIpc) is 3.05. The second-order valence-electron chi connectivity index (χ2n) is 5.56. The van der Waals surface area contributed by atoms with Crippen molar-refractivity contribution in [3.8, 4) is 0 Å². The van der Waals surface area contributed by atoms with Gasteiger partial charge in [0.25, 0.3) is 5.91 Å². The summed E-state index contributed by atoms with van der Waals surface area (Å²) in [6.45, 7) is 0.496. The first-order valence-corrected chi connectivity index (χ1v) is 8.31. The van der Waals surface area contributed by atoms with Gasteiger partial charge in [-0.1, -0.05) is 0 Å². The highest BCUT2D eigenvalue weighted by Gasteiger charge is 2.28. The summed E-state index contributed by atoms with van der Waals surface area (Å²) in [7, 11) is 0. The van der Waals surface area contributed by atoms with E-state index in [1.807, 2.05) is 0 Å². The molecule has 2 aromatic heterocycles. The molecule has 7 nitrogen and oxygen atoms in total. The van der Waals surface area contributed by atoms with E-state index in [0.29, 0.717) is 23.3 Å². The van der Waals surface area contributed by atoms with Gasteiger partial charge in [0, 0.05) is 18.0 Å². The zero-order chi connectivity index (χ0) is 16.2. The first kappa shape index (κ1) is 15.7. The van der Waals surface area contributed by atoms with E-state index in [-0.39, 0.29) is 30.0 Å². The molecule has 1 aliphatic rings. The minimum Gasteiger partial charge on any atom is -0.459 e. The van der Waals surface area contributed by atoms with Gasteiger partial charge in [-0.05, 0) is 30.9 Å². The first-order valence-electron chi connectivity index (χ1n) is 7.43. The number of nitrogens with one attached hydrogen (secondary N) is 2. The lowest BCUT2D eigenvalue weighted by molar-refractivity contribution is -0.120. The van der Waals surface area contributed by atoms with Crippen molar-refractivity contribution >= 4 is 28.3 Å². The van der Waals surface area contributed by atoms with Crippen molar-refractivity contribution in [2.24, 2.45) is 11.7 Å². The predicted octanol–water partition coefficient (Wildman–Crippen LogP) is 1.38. The topological polar surface area (TPSA) is 110 Å². The van der Waals surface area contributed by atoms with Gasteiger partial charge < -0.3 is 15.5 Å². The molecule has 23 heavy (non-hydrogen) atoms. The van der Waals surface area contributed by atoms with E-state index in [4.69, 9.17) is 10.2 Å². The molecule has 1 aliphatic carbocycles. The van der Waals surface area contributed by atoms with Crippen LogP contribution in [0.5, 0.6) is 0 Å². The van der Waals surface area contributed by atoms with E-state index in [9.17, 15) is 9.59 Å². The Labute approximate surface area is 137 Å². The summed E-state index contributed by atoms with van der Waals surface area (Å²) in [5, 5.41) is 7.64. The van der Waals surface area contributed by atoms with Crippen LogP contribution < -0.4 is 16.4 Å². The lowest BCUT2D eigenvalue weighted by atomic mass is 10.2.